The first-order valence-electron chi connectivity index (χ1n) is 10.9. The normalized spacial score (nSPS) is 11.9. The molecule has 186 valence electrons. The van der Waals surface area contributed by atoms with Crippen molar-refractivity contribution in [2.24, 2.45) is 22.9 Å². The van der Waals surface area contributed by atoms with Crippen LogP contribution in [-0.4, -0.2) is 70.8 Å². The monoisotopic (exact) mass is 458 g/mol. The fraction of sp³-hybridized carbons (Fsp3) is 0.636. The van der Waals surface area contributed by atoms with E-state index in [4.69, 9.17) is 43.4 Å². The largest absolute Gasteiger partial charge is 0.478 e. The van der Waals surface area contributed by atoms with Gasteiger partial charge in [0, 0.05) is 25.3 Å². The van der Waals surface area contributed by atoms with E-state index in [1.807, 2.05) is 0 Å². The summed E-state index contributed by atoms with van der Waals surface area (Å²) in [5.41, 5.74) is 21.6. The molecule has 0 saturated heterocycles. The van der Waals surface area contributed by atoms with Crippen molar-refractivity contribution >= 4 is 11.9 Å². The molecule has 0 fully saturated rings. The second-order valence-electron chi connectivity index (χ2n) is 7.27. The van der Waals surface area contributed by atoms with E-state index in [-0.39, 0.29) is 36.4 Å². The third-order valence-electron chi connectivity index (χ3n) is 4.41. The maximum atomic E-state index is 10.5. The number of aromatic carboxylic acids is 2. The number of carbonyl (C=O) groups is 2. The lowest BCUT2D eigenvalue weighted by atomic mass is 10.1. The molecule has 2 atom stereocenters. The van der Waals surface area contributed by atoms with Crippen LogP contribution in [0.5, 0.6) is 0 Å². The van der Waals surface area contributed by atoms with E-state index >= 15 is 0 Å². The topological polar surface area (TPSA) is 219 Å². The zero-order chi connectivity index (χ0) is 24.8. The standard InChI is InChI=1S/C8H6O4.2C7H18N2O/c9-7(10)5-3-1-2-4-6(5)8(11)12;2*8-5-1-3-7(9)4-2-6-10/h1-4H,(H,9,10)(H,11,12);2*7,10H,1-6,8-9H2. The first-order chi connectivity index (χ1) is 15.2. The molecule has 32 heavy (non-hydrogen) atoms. The van der Waals surface area contributed by atoms with E-state index in [0.29, 0.717) is 13.1 Å². The highest BCUT2D eigenvalue weighted by atomic mass is 16.4. The third-order valence-corrected chi connectivity index (χ3v) is 4.41. The summed E-state index contributed by atoms with van der Waals surface area (Å²) in [4.78, 5) is 20.9. The molecule has 0 heterocycles. The Morgan fingerprint density at radius 2 is 1.00 bits per heavy atom. The van der Waals surface area contributed by atoms with E-state index in [0.717, 1.165) is 51.4 Å². The Hall–Kier alpha value is -2.08. The fourth-order valence-electron chi connectivity index (χ4n) is 2.61. The summed E-state index contributed by atoms with van der Waals surface area (Å²) in [6, 6.07) is 5.94. The van der Waals surface area contributed by atoms with Gasteiger partial charge in [-0.25, -0.2) is 9.59 Å². The molecule has 1 aromatic rings. The number of hydrogen-bond donors (Lipinski definition) is 8. The van der Waals surface area contributed by atoms with Gasteiger partial charge in [0.1, 0.15) is 0 Å². The summed E-state index contributed by atoms with van der Waals surface area (Å²) in [5.74, 6) is -2.46. The summed E-state index contributed by atoms with van der Waals surface area (Å²) >= 11 is 0. The molecule has 2 unspecified atom stereocenters. The molecule has 0 aliphatic heterocycles. The lowest BCUT2D eigenvalue weighted by Gasteiger charge is -2.08. The lowest BCUT2D eigenvalue weighted by Crippen LogP contribution is -2.21. The molecular formula is C22H42N4O6. The molecule has 10 nitrogen and oxygen atoms in total. The summed E-state index contributed by atoms with van der Waals surface area (Å²) in [5, 5.41) is 34.0. The number of aliphatic hydroxyl groups excluding tert-OH is 2. The lowest BCUT2D eigenvalue weighted by molar-refractivity contribution is 0.0651. The highest BCUT2D eigenvalue weighted by molar-refractivity contribution is 6.01. The van der Waals surface area contributed by atoms with Gasteiger partial charge in [0.2, 0.25) is 0 Å². The maximum absolute atomic E-state index is 10.5. The van der Waals surface area contributed by atoms with E-state index in [9.17, 15) is 9.59 Å². The van der Waals surface area contributed by atoms with Gasteiger partial charge in [-0.2, -0.15) is 0 Å². The van der Waals surface area contributed by atoms with Crippen molar-refractivity contribution in [1.29, 1.82) is 0 Å². The Labute approximate surface area is 190 Å². The highest BCUT2D eigenvalue weighted by Crippen LogP contribution is 2.08. The first-order valence-corrected chi connectivity index (χ1v) is 10.9. The Morgan fingerprint density at radius 1 is 0.688 bits per heavy atom. The molecule has 1 rings (SSSR count). The Balaban J connectivity index is 0. The summed E-state index contributed by atoms with van der Waals surface area (Å²) in [6.45, 7) is 1.92. The van der Waals surface area contributed by atoms with Crippen molar-refractivity contribution in [2.45, 2.75) is 63.5 Å². The number of aliphatic hydroxyl groups is 2. The van der Waals surface area contributed by atoms with Crippen LogP contribution in [0.4, 0.5) is 0 Å². The van der Waals surface area contributed by atoms with Crippen molar-refractivity contribution in [3.63, 3.8) is 0 Å². The average molecular weight is 459 g/mol. The van der Waals surface area contributed by atoms with Crippen LogP contribution in [-0.2, 0) is 0 Å². The van der Waals surface area contributed by atoms with E-state index in [2.05, 4.69) is 0 Å². The molecule has 0 aromatic heterocycles. The molecule has 0 bridgehead atoms. The Morgan fingerprint density at radius 3 is 1.25 bits per heavy atom. The van der Waals surface area contributed by atoms with Crippen LogP contribution in [0.3, 0.4) is 0 Å². The molecule has 1 aromatic carbocycles. The van der Waals surface area contributed by atoms with Crippen LogP contribution in [0, 0.1) is 0 Å². The molecule has 10 heteroatoms. The number of carboxylic acids is 2. The summed E-state index contributed by atoms with van der Waals surface area (Å²) in [6.07, 6.45) is 7.40. The molecule has 12 N–H and O–H groups in total. The molecular weight excluding hydrogens is 416 g/mol. The highest BCUT2D eigenvalue weighted by Gasteiger charge is 2.13. The van der Waals surface area contributed by atoms with Gasteiger partial charge in [0.15, 0.2) is 0 Å². The quantitative estimate of drug-likeness (QED) is 0.195. The number of rotatable bonds is 14. The predicted octanol–water partition coefficient (Wildman–Crippen LogP) is 0.733. The Kier molecular flexibility index (Phi) is 22.2. The Bertz CT molecular complexity index is 537. The van der Waals surface area contributed by atoms with Gasteiger partial charge in [-0.15, -0.1) is 0 Å². The van der Waals surface area contributed by atoms with Gasteiger partial charge in [-0.05, 0) is 76.6 Å². The SMILES string of the molecule is NCCCC(N)CCCO.NCCCC(N)CCCO.O=C(O)c1ccccc1C(=O)O. The van der Waals surface area contributed by atoms with Crippen LogP contribution in [0.25, 0.3) is 0 Å². The number of carboxylic acid groups (broad SMARTS) is 2. The van der Waals surface area contributed by atoms with Gasteiger partial charge < -0.3 is 43.4 Å². The predicted molar refractivity (Wildman–Crippen MR) is 126 cm³/mol. The van der Waals surface area contributed by atoms with Crippen LogP contribution >= 0.6 is 0 Å². The zero-order valence-electron chi connectivity index (χ0n) is 18.9. The molecule has 0 aliphatic carbocycles. The van der Waals surface area contributed by atoms with Crippen LogP contribution in [0.2, 0.25) is 0 Å². The van der Waals surface area contributed by atoms with Gasteiger partial charge in [-0.3, -0.25) is 0 Å². The summed E-state index contributed by atoms with van der Waals surface area (Å²) in [7, 11) is 0. The van der Waals surface area contributed by atoms with Crippen molar-refractivity contribution in [3.8, 4) is 0 Å². The molecule has 0 spiro atoms. The average Bonchev–Trinajstić information content (AvgIpc) is 2.79. The zero-order valence-corrected chi connectivity index (χ0v) is 18.9. The second kappa shape index (κ2) is 22.1. The van der Waals surface area contributed by atoms with Gasteiger partial charge in [-0.1, -0.05) is 12.1 Å². The minimum Gasteiger partial charge on any atom is -0.478 e. The van der Waals surface area contributed by atoms with Gasteiger partial charge >= 0.3 is 11.9 Å². The van der Waals surface area contributed by atoms with Crippen molar-refractivity contribution < 1.29 is 30.0 Å². The van der Waals surface area contributed by atoms with Crippen LogP contribution < -0.4 is 22.9 Å². The van der Waals surface area contributed by atoms with Crippen molar-refractivity contribution in [1.82, 2.24) is 0 Å². The van der Waals surface area contributed by atoms with Crippen molar-refractivity contribution in [2.75, 3.05) is 26.3 Å². The molecule has 0 radical (unpaired) electrons. The fourth-order valence-corrected chi connectivity index (χ4v) is 2.61. The summed E-state index contributed by atoms with van der Waals surface area (Å²) < 4.78 is 0. The van der Waals surface area contributed by atoms with Crippen LogP contribution in [0.1, 0.15) is 72.1 Å². The number of hydrogen-bond acceptors (Lipinski definition) is 8. The third kappa shape index (κ3) is 18.7. The molecule has 0 saturated carbocycles. The number of benzene rings is 1. The molecule has 0 aliphatic rings. The minimum absolute atomic E-state index is 0.190. The van der Waals surface area contributed by atoms with Gasteiger partial charge in [0.25, 0.3) is 0 Å². The maximum Gasteiger partial charge on any atom is 0.336 e. The minimum atomic E-state index is -1.23. The van der Waals surface area contributed by atoms with E-state index in [1.54, 1.807) is 0 Å². The first kappa shape index (κ1) is 32.1. The van der Waals surface area contributed by atoms with Crippen molar-refractivity contribution in [3.05, 3.63) is 35.4 Å². The second-order valence-corrected chi connectivity index (χ2v) is 7.27. The van der Waals surface area contributed by atoms with Gasteiger partial charge in [0.05, 0.1) is 11.1 Å². The number of nitrogens with two attached hydrogens (primary N) is 4. The van der Waals surface area contributed by atoms with Crippen LogP contribution in [0.15, 0.2) is 24.3 Å². The molecule has 0 amide bonds. The van der Waals surface area contributed by atoms with E-state index in [1.165, 1.54) is 24.3 Å². The smallest absolute Gasteiger partial charge is 0.336 e. The van der Waals surface area contributed by atoms with E-state index < -0.39 is 11.9 Å².